The highest BCUT2D eigenvalue weighted by molar-refractivity contribution is 7.94. The van der Waals surface area contributed by atoms with Crippen LogP contribution < -0.4 is 0 Å². The maximum absolute atomic E-state index is 12.7. The average Bonchev–Trinajstić information content (AvgIpc) is 2.12. The minimum absolute atomic E-state index is 0.219. The molecule has 0 radical (unpaired) electrons. The molecule has 0 saturated heterocycles. The summed E-state index contributed by atoms with van der Waals surface area (Å²) >= 11 is 0. The first-order valence-electron chi connectivity index (χ1n) is 3.85. The molecule has 1 aliphatic rings. The topological polar surface area (TPSA) is 34.1 Å². The highest BCUT2D eigenvalue weighted by Crippen LogP contribution is 2.21. The molecule has 4 heteroatoms. The first-order valence-corrected chi connectivity index (χ1v) is 5.74. The number of allylic oxidation sites excluding steroid dienone is 5. The van der Waals surface area contributed by atoms with E-state index in [1.165, 1.54) is 18.2 Å². The van der Waals surface area contributed by atoms with Crippen molar-refractivity contribution in [1.82, 2.24) is 0 Å². The van der Waals surface area contributed by atoms with E-state index >= 15 is 0 Å². The number of hydrogen-bond donors (Lipinski definition) is 0. The van der Waals surface area contributed by atoms with Crippen molar-refractivity contribution in [3.63, 3.8) is 0 Å². The highest BCUT2D eigenvalue weighted by atomic mass is 32.2. The van der Waals surface area contributed by atoms with Gasteiger partial charge in [0.25, 0.3) is 0 Å². The molecule has 0 fully saturated rings. The SMILES string of the molecule is CC1=C(S(C)(=O)=O)C=CC(F)=CC1. The van der Waals surface area contributed by atoms with Gasteiger partial charge in [-0.3, -0.25) is 0 Å². The largest absolute Gasteiger partial charge is 0.224 e. The summed E-state index contributed by atoms with van der Waals surface area (Å²) in [6.07, 6.45) is 5.32. The molecule has 0 aliphatic heterocycles. The summed E-state index contributed by atoms with van der Waals surface area (Å²) in [6.45, 7) is 1.69. The minimum atomic E-state index is -3.23. The summed E-state index contributed by atoms with van der Waals surface area (Å²) in [7, 11) is -3.23. The first kappa shape index (κ1) is 10.2. The van der Waals surface area contributed by atoms with Crippen LogP contribution in [0.5, 0.6) is 0 Å². The van der Waals surface area contributed by atoms with E-state index in [9.17, 15) is 12.8 Å². The highest BCUT2D eigenvalue weighted by Gasteiger charge is 2.13. The summed E-state index contributed by atoms with van der Waals surface area (Å²) < 4.78 is 35.1. The first-order chi connectivity index (χ1) is 5.91. The van der Waals surface area contributed by atoms with E-state index in [1.807, 2.05) is 0 Å². The summed E-state index contributed by atoms with van der Waals surface area (Å²) in [5, 5.41) is 0. The van der Waals surface area contributed by atoms with Crippen LogP contribution in [0.4, 0.5) is 4.39 Å². The lowest BCUT2D eigenvalue weighted by Crippen LogP contribution is -2.00. The molecule has 0 N–H and O–H groups in total. The maximum Gasteiger partial charge on any atom is 0.175 e. The average molecular weight is 202 g/mol. The second-order valence-corrected chi connectivity index (χ2v) is 5.03. The molecule has 0 aromatic heterocycles. The lowest BCUT2D eigenvalue weighted by Gasteiger charge is -2.01. The second kappa shape index (κ2) is 3.46. The van der Waals surface area contributed by atoms with E-state index in [4.69, 9.17) is 0 Å². The summed E-state index contributed by atoms with van der Waals surface area (Å²) in [6, 6.07) is 0. The molecule has 1 aliphatic carbocycles. The van der Waals surface area contributed by atoms with Crippen LogP contribution in [0.1, 0.15) is 13.3 Å². The molecule has 0 heterocycles. The number of hydrogen-bond acceptors (Lipinski definition) is 2. The lowest BCUT2D eigenvalue weighted by molar-refractivity contribution is 0.608. The lowest BCUT2D eigenvalue weighted by atomic mass is 10.2. The Hall–Kier alpha value is -0.900. The van der Waals surface area contributed by atoms with E-state index in [1.54, 1.807) is 6.92 Å². The van der Waals surface area contributed by atoms with Crippen LogP contribution in [0, 0.1) is 0 Å². The van der Waals surface area contributed by atoms with Gasteiger partial charge in [0.1, 0.15) is 5.83 Å². The van der Waals surface area contributed by atoms with Gasteiger partial charge in [0.2, 0.25) is 0 Å². The van der Waals surface area contributed by atoms with E-state index in [-0.39, 0.29) is 4.91 Å². The van der Waals surface area contributed by atoms with Gasteiger partial charge in [-0.15, -0.1) is 0 Å². The quantitative estimate of drug-likeness (QED) is 0.652. The molecule has 13 heavy (non-hydrogen) atoms. The molecule has 2 nitrogen and oxygen atoms in total. The van der Waals surface area contributed by atoms with Gasteiger partial charge in [-0.05, 0) is 31.6 Å². The van der Waals surface area contributed by atoms with Crippen LogP contribution in [0.15, 0.2) is 34.5 Å². The Morgan fingerprint density at radius 1 is 1.38 bits per heavy atom. The zero-order chi connectivity index (χ0) is 10.1. The van der Waals surface area contributed by atoms with Crippen LogP contribution in [0.2, 0.25) is 0 Å². The standard InChI is InChI=1S/C9H11FO2S/c1-7-3-4-8(10)5-6-9(7)13(2,11)12/h4-6H,3H2,1-2H3. The van der Waals surface area contributed by atoms with Crippen molar-refractivity contribution in [2.75, 3.05) is 6.26 Å². The van der Waals surface area contributed by atoms with Gasteiger partial charge in [0.15, 0.2) is 9.84 Å². The number of rotatable bonds is 1. The molecule has 0 atom stereocenters. The Kier molecular flexibility index (Phi) is 2.71. The molecule has 1 rings (SSSR count). The summed E-state index contributed by atoms with van der Waals surface area (Å²) in [5.41, 5.74) is 0.673. The van der Waals surface area contributed by atoms with Gasteiger partial charge >= 0.3 is 0 Å². The van der Waals surface area contributed by atoms with E-state index in [0.717, 1.165) is 6.26 Å². The smallest absolute Gasteiger partial charge is 0.175 e. The summed E-state index contributed by atoms with van der Waals surface area (Å²) in [4.78, 5) is 0.219. The monoisotopic (exact) mass is 202 g/mol. The maximum atomic E-state index is 12.7. The van der Waals surface area contributed by atoms with Crippen LogP contribution in [-0.2, 0) is 9.84 Å². The third-order valence-corrected chi connectivity index (χ3v) is 3.10. The van der Waals surface area contributed by atoms with E-state index in [2.05, 4.69) is 0 Å². The van der Waals surface area contributed by atoms with Crippen LogP contribution >= 0.6 is 0 Å². The van der Waals surface area contributed by atoms with Crippen LogP contribution in [-0.4, -0.2) is 14.7 Å². The molecule has 0 unspecified atom stereocenters. The third-order valence-electron chi connectivity index (χ3n) is 1.82. The zero-order valence-corrected chi connectivity index (χ0v) is 8.36. The Bertz CT molecular complexity index is 399. The molecular weight excluding hydrogens is 191 g/mol. The van der Waals surface area contributed by atoms with Gasteiger partial charge < -0.3 is 0 Å². The van der Waals surface area contributed by atoms with Crippen molar-refractivity contribution in [3.8, 4) is 0 Å². The molecule has 0 aromatic rings. The van der Waals surface area contributed by atoms with Crippen LogP contribution in [0.3, 0.4) is 0 Å². The normalized spacial score (nSPS) is 18.5. The number of halogens is 1. The van der Waals surface area contributed by atoms with Crippen molar-refractivity contribution >= 4 is 9.84 Å². The van der Waals surface area contributed by atoms with Gasteiger partial charge in [0.05, 0.1) is 4.91 Å². The van der Waals surface area contributed by atoms with Crippen molar-refractivity contribution in [2.45, 2.75) is 13.3 Å². The molecule has 72 valence electrons. The van der Waals surface area contributed by atoms with Gasteiger partial charge in [0, 0.05) is 6.26 Å². The Morgan fingerprint density at radius 2 is 2.00 bits per heavy atom. The van der Waals surface area contributed by atoms with Crippen molar-refractivity contribution in [3.05, 3.63) is 34.5 Å². The Balaban J connectivity index is 3.19. The van der Waals surface area contributed by atoms with Crippen molar-refractivity contribution in [2.24, 2.45) is 0 Å². The predicted octanol–water partition coefficient (Wildman–Crippen LogP) is 2.12. The third kappa shape index (κ3) is 2.52. The second-order valence-electron chi connectivity index (χ2n) is 3.04. The van der Waals surface area contributed by atoms with Crippen LogP contribution in [0.25, 0.3) is 0 Å². The van der Waals surface area contributed by atoms with Crippen molar-refractivity contribution in [1.29, 1.82) is 0 Å². The van der Waals surface area contributed by atoms with Gasteiger partial charge in [-0.25, -0.2) is 12.8 Å². The van der Waals surface area contributed by atoms with Gasteiger partial charge in [-0.2, -0.15) is 0 Å². The molecule has 0 bridgehead atoms. The Morgan fingerprint density at radius 3 is 2.54 bits per heavy atom. The number of sulfone groups is 1. The van der Waals surface area contributed by atoms with Gasteiger partial charge in [-0.1, -0.05) is 5.57 Å². The summed E-state index contributed by atoms with van der Waals surface area (Å²) in [5.74, 6) is -0.391. The molecule has 0 amide bonds. The molecule has 0 aromatic carbocycles. The fourth-order valence-electron chi connectivity index (χ4n) is 1.16. The predicted molar refractivity (Wildman–Crippen MR) is 50.5 cm³/mol. The fraction of sp³-hybridized carbons (Fsp3) is 0.333. The molecular formula is C9H11FO2S. The van der Waals surface area contributed by atoms with E-state index in [0.29, 0.717) is 12.0 Å². The Labute approximate surface area is 77.4 Å². The zero-order valence-electron chi connectivity index (χ0n) is 7.54. The fourth-order valence-corrected chi connectivity index (χ4v) is 2.19. The van der Waals surface area contributed by atoms with Crippen molar-refractivity contribution < 1.29 is 12.8 Å². The minimum Gasteiger partial charge on any atom is -0.224 e. The van der Waals surface area contributed by atoms with E-state index < -0.39 is 15.7 Å². The molecule has 0 spiro atoms. The molecule has 0 saturated carbocycles.